The summed E-state index contributed by atoms with van der Waals surface area (Å²) < 4.78 is 33.0. The third-order valence-electron chi connectivity index (χ3n) is 4.33. The number of aromatic hydroxyl groups is 1. The monoisotopic (exact) mass is 534 g/mol. The third kappa shape index (κ3) is 5.93. The number of Topliss-reactive ketones (excluding diaryl/α,β-unsaturated/α-hetero) is 1. The lowest BCUT2D eigenvalue weighted by Gasteiger charge is -2.09. The van der Waals surface area contributed by atoms with E-state index in [9.17, 15) is 33.2 Å². The number of rotatable bonds is 8. The Labute approximate surface area is 196 Å². The van der Waals surface area contributed by atoms with Gasteiger partial charge in [0.15, 0.2) is 18.1 Å². The van der Waals surface area contributed by atoms with Crippen molar-refractivity contribution in [3.8, 4) is 5.75 Å². The first-order valence-electron chi connectivity index (χ1n) is 9.13. The fourth-order valence-corrected chi connectivity index (χ4v) is 3.98. The second-order valence-corrected chi connectivity index (χ2v) is 9.19. The van der Waals surface area contributed by atoms with Crippen LogP contribution in [0.25, 0.3) is 0 Å². The number of nitrogens with one attached hydrogen (secondary N) is 1. The summed E-state index contributed by atoms with van der Waals surface area (Å²) in [4.78, 5) is 33.9. The maximum absolute atomic E-state index is 12.5. The van der Waals surface area contributed by atoms with E-state index in [-0.39, 0.29) is 17.0 Å². The summed E-state index contributed by atoms with van der Waals surface area (Å²) in [6.45, 7) is -0.464. The SMILES string of the molecule is O=C(COC(=O)c1ccc(NS(=O)(=O)c2ccc(O)c([N+](=O)[O-])c2)cc1)c1ccc(Br)cc1. The van der Waals surface area contributed by atoms with E-state index < -0.39 is 43.9 Å². The number of sulfonamides is 1. The Bertz CT molecular complexity index is 1320. The summed E-state index contributed by atoms with van der Waals surface area (Å²) in [6.07, 6.45) is 0. The molecular weight excluding hydrogens is 520 g/mol. The number of carbonyl (C=O) groups is 2. The number of anilines is 1. The molecule has 12 heteroatoms. The average Bonchev–Trinajstić information content (AvgIpc) is 2.78. The van der Waals surface area contributed by atoms with Crippen LogP contribution in [0.2, 0.25) is 0 Å². The number of benzene rings is 3. The number of nitrogens with zero attached hydrogens (tertiary/aromatic N) is 1. The van der Waals surface area contributed by atoms with Gasteiger partial charge in [0.1, 0.15) is 0 Å². The van der Waals surface area contributed by atoms with Crippen LogP contribution >= 0.6 is 15.9 Å². The molecule has 0 aliphatic heterocycles. The van der Waals surface area contributed by atoms with Crippen molar-refractivity contribution in [1.82, 2.24) is 0 Å². The molecule has 0 aliphatic carbocycles. The molecule has 3 aromatic carbocycles. The molecule has 0 saturated heterocycles. The van der Waals surface area contributed by atoms with Gasteiger partial charge in [-0.05, 0) is 48.5 Å². The van der Waals surface area contributed by atoms with Gasteiger partial charge in [0.2, 0.25) is 0 Å². The lowest BCUT2D eigenvalue weighted by atomic mass is 10.1. The lowest BCUT2D eigenvalue weighted by molar-refractivity contribution is -0.386. The van der Waals surface area contributed by atoms with E-state index in [0.717, 1.165) is 22.7 Å². The van der Waals surface area contributed by atoms with Crippen LogP contribution in [-0.4, -0.2) is 36.8 Å². The minimum atomic E-state index is -4.20. The minimum absolute atomic E-state index is 0.0771. The molecule has 0 amide bonds. The lowest BCUT2D eigenvalue weighted by Crippen LogP contribution is -2.15. The highest BCUT2D eigenvalue weighted by atomic mass is 79.9. The van der Waals surface area contributed by atoms with Crippen molar-refractivity contribution in [2.75, 3.05) is 11.3 Å². The second kappa shape index (κ2) is 9.79. The molecule has 0 spiro atoms. The van der Waals surface area contributed by atoms with E-state index in [0.29, 0.717) is 5.56 Å². The van der Waals surface area contributed by atoms with E-state index in [1.807, 2.05) is 0 Å². The smallest absolute Gasteiger partial charge is 0.338 e. The standard InChI is InChI=1S/C21H15BrN2O8S/c22-15-5-1-13(2-6-15)20(26)12-32-21(27)14-3-7-16(8-4-14)23-33(30,31)17-9-10-19(25)18(11-17)24(28)29/h1-11,23,25H,12H2. The van der Waals surface area contributed by atoms with Gasteiger partial charge in [-0.15, -0.1) is 0 Å². The largest absolute Gasteiger partial charge is 0.502 e. The zero-order valence-corrected chi connectivity index (χ0v) is 19.0. The maximum atomic E-state index is 12.5. The maximum Gasteiger partial charge on any atom is 0.338 e. The Morgan fingerprint density at radius 3 is 2.21 bits per heavy atom. The molecule has 0 fully saturated rings. The summed E-state index contributed by atoms with van der Waals surface area (Å²) in [7, 11) is -4.20. The number of nitro groups is 1. The number of ether oxygens (including phenoxy) is 1. The molecule has 10 nitrogen and oxygen atoms in total. The second-order valence-electron chi connectivity index (χ2n) is 6.60. The molecule has 0 unspecified atom stereocenters. The van der Waals surface area contributed by atoms with Crippen molar-refractivity contribution >= 4 is 49.1 Å². The molecule has 0 heterocycles. The van der Waals surface area contributed by atoms with Crippen molar-refractivity contribution in [2.24, 2.45) is 0 Å². The van der Waals surface area contributed by atoms with Crippen molar-refractivity contribution in [3.63, 3.8) is 0 Å². The topological polar surface area (TPSA) is 153 Å². The van der Waals surface area contributed by atoms with Crippen molar-refractivity contribution < 1.29 is 32.8 Å². The van der Waals surface area contributed by atoms with Crippen LogP contribution in [-0.2, 0) is 14.8 Å². The molecule has 2 N–H and O–H groups in total. The van der Waals surface area contributed by atoms with Gasteiger partial charge in [-0.25, -0.2) is 13.2 Å². The van der Waals surface area contributed by atoms with Crippen LogP contribution in [0.15, 0.2) is 76.1 Å². The first kappa shape index (κ1) is 23.9. The van der Waals surface area contributed by atoms with Crippen LogP contribution < -0.4 is 4.72 Å². The van der Waals surface area contributed by atoms with Gasteiger partial charge in [0.05, 0.1) is 15.4 Å². The minimum Gasteiger partial charge on any atom is -0.502 e. The first-order valence-corrected chi connectivity index (χ1v) is 11.4. The number of hydrogen-bond acceptors (Lipinski definition) is 8. The van der Waals surface area contributed by atoms with Crippen LogP contribution in [0.3, 0.4) is 0 Å². The molecular formula is C21H15BrN2O8S. The number of hydrogen-bond donors (Lipinski definition) is 2. The first-order chi connectivity index (χ1) is 15.6. The quantitative estimate of drug-likeness (QED) is 0.191. The van der Waals surface area contributed by atoms with Crippen LogP contribution in [0, 0.1) is 10.1 Å². The predicted octanol–water partition coefficient (Wildman–Crippen LogP) is 3.90. The Balaban J connectivity index is 1.65. The Hall–Kier alpha value is -3.77. The molecule has 0 bridgehead atoms. The fourth-order valence-electron chi connectivity index (χ4n) is 2.64. The van der Waals surface area contributed by atoms with Crippen molar-refractivity contribution in [1.29, 1.82) is 0 Å². The number of phenols is 1. The highest BCUT2D eigenvalue weighted by Crippen LogP contribution is 2.29. The van der Waals surface area contributed by atoms with Crippen LogP contribution in [0.5, 0.6) is 5.75 Å². The molecule has 3 rings (SSSR count). The number of nitro benzene ring substituents is 1. The van der Waals surface area contributed by atoms with Gasteiger partial charge in [0.25, 0.3) is 10.0 Å². The number of ketones is 1. The molecule has 0 radical (unpaired) electrons. The van der Waals surface area contributed by atoms with E-state index in [1.165, 1.54) is 24.3 Å². The molecule has 0 aromatic heterocycles. The van der Waals surface area contributed by atoms with Crippen molar-refractivity contribution in [3.05, 3.63) is 92.4 Å². The van der Waals surface area contributed by atoms with Crippen LogP contribution in [0.4, 0.5) is 11.4 Å². The molecule has 33 heavy (non-hydrogen) atoms. The fraction of sp³-hybridized carbons (Fsp3) is 0.0476. The Morgan fingerprint density at radius 2 is 1.61 bits per heavy atom. The highest BCUT2D eigenvalue weighted by molar-refractivity contribution is 9.10. The average molecular weight is 535 g/mol. The van der Waals surface area contributed by atoms with E-state index in [1.54, 1.807) is 24.3 Å². The molecule has 170 valence electrons. The summed E-state index contributed by atoms with van der Waals surface area (Å²) in [5.41, 5.74) is -0.214. The number of halogens is 1. The van der Waals surface area contributed by atoms with E-state index in [4.69, 9.17) is 4.74 Å². The summed E-state index contributed by atoms with van der Waals surface area (Å²) in [5.74, 6) is -1.83. The zero-order valence-electron chi connectivity index (χ0n) is 16.6. The van der Waals surface area contributed by atoms with Crippen molar-refractivity contribution in [2.45, 2.75) is 4.90 Å². The highest BCUT2D eigenvalue weighted by Gasteiger charge is 2.21. The Morgan fingerprint density at radius 1 is 1.00 bits per heavy atom. The summed E-state index contributed by atoms with van der Waals surface area (Å²) in [6, 6.07) is 14.4. The zero-order chi connectivity index (χ0) is 24.2. The Kier molecular flexibility index (Phi) is 7.09. The van der Waals surface area contributed by atoms with Gasteiger partial charge in [0, 0.05) is 21.8 Å². The number of carbonyl (C=O) groups excluding carboxylic acids is 2. The molecule has 0 atom stereocenters. The van der Waals surface area contributed by atoms with Gasteiger partial charge >= 0.3 is 11.7 Å². The predicted molar refractivity (Wildman–Crippen MR) is 121 cm³/mol. The molecule has 3 aromatic rings. The van der Waals surface area contributed by atoms with Gasteiger partial charge < -0.3 is 9.84 Å². The summed E-state index contributed by atoms with van der Waals surface area (Å²) >= 11 is 3.26. The van der Waals surface area contributed by atoms with Gasteiger partial charge in [-0.3, -0.25) is 19.6 Å². The molecule has 0 saturated carbocycles. The van der Waals surface area contributed by atoms with E-state index >= 15 is 0 Å². The number of phenolic OH excluding ortho intramolecular Hbond substituents is 1. The van der Waals surface area contributed by atoms with Gasteiger partial charge in [-0.1, -0.05) is 28.1 Å². The van der Waals surface area contributed by atoms with Gasteiger partial charge in [-0.2, -0.15) is 0 Å². The molecule has 0 aliphatic rings. The van der Waals surface area contributed by atoms with Crippen LogP contribution in [0.1, 0.15) is 20.7 Å². The van der Waals surface area contributed by atoms with E-state index in [2.05, 4.69) is 20.7 Å². The normalized spacial score (nSPS) is 10.9. The third-order valence-corrected chi connectivity index (χ3v) is 6.23. The number of esters is 1. The summed E-state index contributed by atoms with van der Waals surface area (Å²) in [5, 5.41) is 20.4.